The summed E-state index contributed by atoms with van der Waals surface area (Å²) in [6.07, 6.45) is 15.3. The maximum atomic E-state index is 6.67. The normalized spacial score (nSPS) is 12.9. The molecular formula is C35H77N3O2Si. The second kappa shape index (κ2) is 26.4. The molecule has 6 heteroatoms. The van der Waals surface area contributed by atoms with Crippen LogP contribution in [0, 0.1) is 5.41 Å². The van der Waals surface area contributed by atoms with Gasteiger partial charge >= 0.3 is 8.56 Å². The van der Waals surface area contributed by atoms with Gasteiger partial charge in [-0.1, -0.05) is 48.5 Å². The fourth-order valence-electron chi connectivity index (χ4n) is 7.15. The second-order valence-corrected chi connectivity index (χ2v) is 16.1. The summed E-state index contributed by atoms with van der Waals surface area (Å²) < 4.78 is 13.3. The van der Waals surface area contributed by atoms with Gasteiger partial charge in [-0.25, -0.2) is 0 Å². The Morgan fingerprint density at radius 3 is 0.951 bits per heavy atom. The third kappa shape index (κ3) is 18.4. The highest BCUT2D eigenvalue weighted by Crippen LogP contribution is 2.44. The first-order valence-corrected chi connectivity index (χ1v) is 20.5. The zero-order chi connectivity index (χ0) is 30.8. The summed E-state index contributed by atoms with van der Waals surface area (Å²) in [5, 5.41) is 0. The van der Waals surface area contributed by atoms with Crippen LogP contribution in [0.3, 0.4) is 0 Å². The van der Waals surface area contributed by atoms with Gasteiger partial charge in [-0.15, -0.1) is 0 Å². The Hall–Kier alpha value is 0.0169. The van der Waals surface area contributed by atoms with Crippen LogP contribution in [0.25, 0.3) is 0 Å². The third-order valence-corrected chi connectivity index (χ3v) is 12.8. The fraction of sp³-hybridized carbons (Fsp3) is 1.00. The molecule has 5 nitrogen and oxygen atoms in total. The van der Waals surface area contributed by atoms with Crippen LogP contribution in [-0.4, -0.2) is 95.4 Å². The predicted octanol–water partition coefficient (Wildman–Crippen LogP) is 9.21. The summed E-state index contributed by atoms with van der Waals surface area (Å²) in [5.41, 5.74) is 0.310. The molecule has 0 aliphatic rings. The Labute approximate surface area is 260 Å². The lowest BCUT2D eigenvalue weighted by molar-refractivity contribution is 0.132. The zero-order valence-electron chi connectivity index (χ0n) is 29.8. The molecule has 0 aromatic carbocycles. The number of nitrogens with zero attached hydrogens (tertiary/aromatic N) is 3. The van der Waals surface area contributed by atoms with Gasteiger partial charge in [0.1, 0.15) is 0 Å². The molecule has 0 aromatic heterocycles. The van der Waals surface area contributed by atoms with Crippen molar-refractivity contribution in [2.45, 2.75) is 151 Å². The second-order valence-electron chi connectivity index (χ2n) is 12.6. The van der Waals surface area contributed by atoms with Crippen molar-refractivity contribution in [2.75, 3.05) is 72.1 Å². The molecule has 0 radical (unpaired) electrons. The van der Waals surface area contributed by atoms with Crippen molar-refractivity contribution in [3.05, 3.63) is 0 Å². The van der Waals surface area contributed by atoms with Crippen molar-refractivity contribution in [3.8, 4) is 0 Å². The van der Waals surface area contributed by atoms with Crippen molar-refractivity contribution in [2.24, 2.45) is 5.41 Å². The molecule has 0 saturated heterocycles. The maximum Gasteiger partial charge on any atom is 0.338 e. The van der Waals surface area contributed by atoms with Crippen LogP contribution in [0.1, 0.15) is 139 Å². The standard InChI is InChI=1S/C35H77N3O2Si/c1-10-25-36(26-11-2)31-19-22-35(23-20-32-37(27-12-3)28-13-4,24-21-33-38(29-14-5)30-15-6)34-41(18-9,39-16-7)40-17-8/h10-34H2,1-9H3. The minimum atomic E-state index is -2.27. The quantitative estimate of drug-likeness (QED) is 0.0741. The average Bonchev–Trinajstić information content (AvgIpc) is 2.94. The van der Waals surface area contributed by atoms with Gasteiger partial charge in [0.05, 0.1) is 0 Å². The van der Waals surface area contributed by atoms with Crippen molar-refractivity contribution in [3.63, 3.8) is 0 Å². The van der Waals surface area contributed by atoms with E-state index in [9.17, 15) is 0 Å². The van der Waals surface area contributed by atoms with E-state index in [4.69, 9.17) is 8.85 Å². The van der Waals surface area contributed by atoms with Gasteiger partial charge in [0.2, 0.25) is 0 Å². The number of hydrogen-bond acceptors (Lipinski definition) is 5. The van der Waals surface area contributed by atoms with E-state index < -0.39 is 8.56 Å². The molecule has 0 heterocycles. The summed E-state index contributed by atoms with van der Waals surface area (Å²) in [5.74, 6) is 0. The summed E-state index contributed by atoms with van der Waals surface area (Å²) in [4.78, 5) is 8.15. The fourth-order valence-corrected chi connectivity index (χ4v) is 10.8. The van der Waals surface area contributed by atoms with Gasteiger partial charge in [-0.3, -0.25) is 0 Å². The van der Waals surface area contributed by atoms with Gasteiger partial charge in [-0.05, 0) is 167 Å². The average molecular weight is 600 g/mol. The van der Waals surface area contributed by atoms with Crippen molar-refractivity contribution >= 4 is 8.56 Å². The molecule has 0 spiro atoms. The van der Waals surface area contributed by atoms with E-state index >= 15 is 0 Å². The molecule has 41 heavy (non-hydrogen) atoms. The lowest BCUT2D eigenvalue weighted by Crippen LogP contribution is -2.47. The van der Waals surface area contributed by atoms with Crippen LogP contribution in [0.15, 0.2) is 0 Å². The van der Waals surface area contributed by atoms with E-state index in [1.807, 2.05) is 0 Å². The summed E-state index contributed by atoms with van der Waals surface area (Å²) in [7, 11) is -2.27. The highest BCUT2D eigenvalue weighted by molar-refractivity contribution is 6.67. The van der Waals surface area contributed by atoms with Crippen LogP contribution in [0.5, 0.6) is 0 Å². The lowest BCUT2D eigenvalue weighted by atomic mass is 9.76. The highest BCUT2D eigenvalue weighted by Gasteiger charge is 2.44. The third-order valence-electron chi connectivity index (χ3n) is 8.78. The minimum absolute atomic E-state index is 0.310. The Kier molecular flexibility index (Phi) is 26.4. The molecule has 0 fully saturated rings. The van der Waals surface area contributed by atoms with Crippen LogP contribution < -0.4 is 0 Å². The first-order valence-electron chi connectivity index (χ1n) is 18.3. The molecule has 0 unspecified atom stereocenters. The molecule has 0 saturated carbocycles. The van der Waals surface area contributed by atoms with Crippen molar-refractivity contribution < 1.29 is 8.85 Å². The Morgan fingerprint density at radius 1 is 0.439 bits per heavy atom. The number of hydrogen-bond donors (Lipinski definition) is 0. The first kappa shape index (κ1) is 41.0. The summed E-state index contributed by atoms with van der Waals surface area (Å²) in [6.45, 7) is 33.3. The highest BCUT2D eigenvalue weighted by atomic mass is 28.4. The predicted molar refractivity (Wildman–Crippen MR) is 185 cm³/mol. The molecule has 0 aliphatic carbocycles. The molecule has 0 bridgehead atoms. The molecule has 0 N–H and O–H groups in total. The van der Waals surface area contributed by atoms with E-state index in [1.165, 1.54) is 142 Å². The van der Waals surface area contributed by atoms with Crippen LogP contribution in [-0.2, 0) is 8.85 Å². The molecule has 0 rings (SSSR count). The molecule has 0 amide bonds. The van der Waals surface area contributed by atoms with Crippen molar-refractivity contribution in [1.82, 2.24) is 14.7 Å². The molecule has 0 aromatic rings. The van der Waals surface area contributed by atoms with Crippen LogP contribution >= 0.6 is 0 Å². The number of rotatable bonds is 31. The van der Waals surface area contributed by atoms with Gasteiger partial charge < -0.3 is 23.6 Å². The zero-order valence-corrected chi connectivity index (χ0v) is 30.8. The van der Waals surface area contributed by atoms with E-state index in [2.05, 4.69) is 77.0 Å². The lowest BCUT2D eigenvalue weighted by Gasteiger charge is -2.42. The van der Waals surface area contributed by atoms with E-state index in [0.717, 1.165) is 19.3 Å². The van der Waals surface area contributed by atoms with E-state index in [-0.39, 0.29) is 0 Å². The summed E-state index contributed by atoms with van der Waals surface area (Å²) in [6, 6.07) is 2.23. The van der Waals surface area contributed by atoms with Crippen LogP contribution in [0.2, 0.25) is 12.1 Å². The van der Waals surface area contributed by atoms with Crippen LogP contribution in [0.4, 0.5) is 0 Å². The molecule has 0 aliphatic heterocycles. The SMILES string of the molecule is CCCN(CCC)CCCC(CCCN(CCC)CCC)(CCCN(CCC)CCC)C[Si](CC)(OCC)OCC. The van der Waals surface area contributed by atoms with Crippen molar-refractivity contribution in [1.29, 1.82) is 0 Å². The Bertz CT molecular complexity index is 486. The monoisotopic (exact) mass is 600 g/mol. The molecular weight excluding hydrogens is 522 g/mol. The van der Waals surface area contributed by atoms with Gasteiger partial charge in [0.25, 0.3) is 0 Å². The smallest absolute Gasteiger partial charge is 0.338 e. The van der Waals surface area contributed by atoms with E-state index in [0.29, 0.717) is 5.41 Å². The molecule has 0 atom stereocenters. The van der Waals surface area contributed by atoms with Gasteiger partial charge in [0.15, 0.2) is 0 Å². The topological polar surface area (TPSA) is 28.2 Å². The van der Waals surface area contributed by atoms with Gasteiger partial charge in [0, 0.05) is 13.2 Å². The largest absolute Gasteiger partial charge is 0.394 e. The summed E-state index contributed by atoms with van der Waals surface area (Å²) >= 11 is 0. The first-order chi connectivity index (χ1) is 19.9. The van der Waals surface area contributed by atoms with E-state index in [1.54, 1.807) is 0 Å². The molecule has 248 valence electrons. The van der Waals surface area contributed by atoms with Gasteiger partial charge in [-0.2, -0.15) is 0 Å². The minimum Gasteiger partial charge on any atom is -0.394 e. The maximum absolute atomic E-state index is 6.67. The Balaban J connectivity index is 6.14. The Morgan fingerprint density at radius 2 is 0.732 bits per heavy atom.